The van der Waals surface area contributed by atoms with E-state index in [2.05, 4.69) is 61.8 Å². The maximum Gasteiger partial charge on any atom is 1.00 e. The fourth-order valence-corrected chi connectivity index (χ4v) is 6.53. The van der Waals surface area contributed by atoms with Gasteiger partial charge in [0.1, 0.15) is 20.2 Å². The number of hydrogen-bond acceptors (Lipinski definition) is 20. The van der Waals surface area contributed by atoms with Crippen LogP contribution >= 0.6 is 0 Å². The summed E-state index contributed by atoms with van der Waals surface area (Å²) in [5.74, 6) is 0.328. The smallest absolute Gasteiger partial charge is 0.744 e. The van der Waals surface area contributed by atoms with Crippen molar-refractivity contribution in [3.05, 3.63) is 108 Å². The molecule has 24 heteroatoms. The molecule has 6 aromatic rings. The summed E-state index contributed by atoms with van der Waals surface area (Å²) in [5.41, 5.74) is 1.30. The molecular weight excluding hydrogens is 855 g/mol. The normalized spacial score (nSPS) is 11.2. The first-order chi connectivity index (χ1) is 27.9. The van der Waals surface area contributed by atoms with Crippen molar-refractivity contribution < 1.29 is 117 Å². The Kier molecular flexibility index (Phi) is 18.3. The Morgan fingerprint density at radius 1 is 0.483 bits per heavy atom. The third-order valence-corrected chi connectivity index (χ3v) is 9.43. The summed E-state index contributed by atoms with van der Waals surface area (Å²) >= 11 is 0. The first kappa shape index (κ1) is 48.5. The largest absolute Gasteiger partial charge is 1.00 e. The molecule has 0 aliphatic heterocycles. The number of aliphatic hydroxyl groups excluding tert-OH is 2. The number of nitrogens with one attached hydrogen (secondary N) is 6. The van der Waals surface area contributed by atoms with E-state index in [1.807, 2.05) is 12.1 Å². The molecule has 0 unspecified atom stereocenters. The second kappa shape index (κ2) is 22.6. The van der Waals surface area contributed by atoms with Crippen LogP contribution in [0.2, 0.25) is 0 Å². The summed E-state index contributed by atoms with van der Waals surface area (Å²) in [6.07, 6.45) is 2.36. The molecule has 8 N–H and O–H groups in total. The molecule has 20 nitrogen and oxygen atoms in total. The van der Waals surface area contributed by atoms with Crippen molar-refractivity contribution >= 4 is 90.8 Å². The molecule has 0 aliphatic rings. The van der Waals surface area contributed by atoms with Gasteiger partial charge in [0.05, 0.1) is 23.0 Å². The van der Waals surface area contributed by atoms with E-state index in [4.69, 9.17) is 0 Å². The van der Waals surface area contributed by atoms with Gasteiger partial charge in [-0.15, -0.1) is 0 Å². The van der Waals surface area contributed by atoms with Gasteiger partial charge < -0.3 is 51.2 Å². The molecule has 0 fully saturated rings. The summed E-state index contributed by atoms with van der Waals surface area (Å²) in [6.45, 7) is -0.168. The molecule has 300 valence electrons. The summed E-state index contributed by atoms with van der Waals surface area (Å²) in [5, 5.41) is 35.9. The van der Waals surface area contributed by atoms with Crippen LogP contribution in [0.15, 0.2) is 107 Å². The van der Waals surface area contributed by atoms with Crippen LogP contribution in [0.1, 0.15) is 11.1 Å². The van der Waals surface area contributed by atoms with Gasteiger partial charge >= 0.3 is 80.9 Å². The third kappa shape index (κ3) is 14.2. The van der Waals surface area contributed by atoms with E-state index < -0.39 is 30.0 Å². The van der Waals surface area contributed by atoms with Gasteiger partial charge in [-0.25, -0.2) is 16.8 Å². The molecule has 6 rings (SSSR count). The van der Waals surface area contributed by atoms with Gasteiger partial charge in [-0.05, 0) is 59.7 Å². The number of benzene rings is 4. The number of aromatic nitrogens is 6. The van der Waals surface area contributed by atoms with Crippen molar-refractivity contribution in [1.82, 2.24) is 29.9 Å². The van der Waals surface area contributed by atoms with Crippen LogP contribution in [0.5, 0.6) is 0 Å². The van der Waals surface area contributed by atoms with Crippen LogP contribution in [0.3, 0.4) is 0 Å². The van der Waals surface area contributed by atoms with E-state index >= 15 is 0 Å². The Morgan fingerprint density at radius 2 is 0.800 bits per heavy atom. The minimum Gasteiger partial charge on any atom is -0.744 e. The van der Waals surface area contributed by atoms with Crippen molar-refractivity contribution in [2.45, 2.75) is 9.79 Å². The van der Waals surface area contributed by atoms with Gasteiger partial charge in [-0.1, -0.05) is 60.7 Å². The van der Waals surface area contributed by atoms with Crippen LogP contribution in [0, 0.1) is 0 Å². The summed E-state index contributed by atoms with van der Waals surface area (Å²) in [4.78, 5) is 24.3. The Labute approximate surface area is 409 Å². The van der Waals surface area contributed by atoms with E-state index in [0.29, 0.717) is 11.4 Å². The topological polar surface area (TPSA) is 304 Å². The van der Waals surface area contributed by atoms with E-state index in [9.17, 15) is 36.2 Å². The number of nitrogens with zero attached hydrogens (tertiary/aromatic N) is 6. The van der Waals surface area contributed by atoms with Crippen LogP contribution < -0.4 is 113 Å². The SMILES string of the molecule is O=S(=O)([O-])c1cc(Nc2nc(NCCO)nc(Nc3ccccc3)n2)ccc1/C=C/c1ccc(Nc2nc(NCCO)nc(Nc3ccccc3)n2)cc1S(=O)(=O)[O-].[K+].[Na+]. The van der Waals surface area contributed by atoms with Gasteiger partial charge in [0, 0.05) is 35.8 Å². The average molecular weight is 889 g/mol. The van der Waals surface area contributed by atoms with E-state index in [0.717, 1.165) is 12.1 Å². The van der Waals surface area contributed by atoms with Gasteiger partial charge in [0.15, 0.2) is 0 Å². The molecule has 0 radical (unpaired) electrons. The average Bonchev–Trinajstić information content (AvgIpc) is 3.19. The van der Waals surface area contributed by atoms with Gasteiger partial charge in [-0.2, -0.15) is 29.9 Å². The molecule has 0 atom stereocenters. The molecule has 2 aromatic heterocycles. The van der Waals surface area contributed by atoms with Crippen molar-refractivity contribution in [1.29, 1.82) is 0 Å². The molecule has 60 heavy (non-hydrogen) atoms. The number of aliphatic hydroxyl groups is 2. The maximum atomic E-state index is 12.5. The number of rotatable bonds is 18. The molecule has 0 amide bonds. The van der Waals surface area contributed by atoms with Crippen molar-refractivity contribution in [2.75, 3.05) is 58.2 Å². The Bertz CT molecular complexity index is 2460. The van der Waals surface area contributed by atoms with Crippen LogP contribution in [-0.4, -0.2) is 92.4 Å². The summed E-state index contributed by atoms with van der Waals surface area (Å²) < 4.78 is 74.8. The Morgan fingerprint density at radius 3 is 1.12 bits per heavy atom. The molecule has 0 bridgehead atoms. The van der Waals surface area contributed by atoms with Crippen LogP contribution in [-0.2, 0) is 20.2 Å². The quantitative estimate of drug-likeness (QED) is 0.0259. The Hall–Kier alpha value is -4.18. The molecule has 0 saturated carbocycles. The molecular formula is C36H34KN12NaO8S2. The van der Waals surface area contributed by atoms with E-state index in [1.165, 1.54) is 36.4 Å². The van der Waals surface area contributed by atoms with Gasteiger partial charge in [0.2, 0.25) is 35.7 Å². The fourth-order valence-electron chi connectivity index (χ4n) is 5.14. The molecule has 0 saturated heterocycles. The molecule has 0 aliphatic carbocycles. The zero-order valence-electron chi connectivity index (χ0n) is 32.1. The first-order valence-electron chi connectivity index (χ1n) is 17.1. The monoisotopic (exact) mass is 888 g/mol. The number of anilines is 10. The first-order valence-corrected chi connectivity index (χ1v) is 20.0. The second-order valence-corrected chi connectivity index (χ2v) is 14.6. The van der Waals surface area contributed by atoms with Crippen LogP contribution in [0.4, 0.5) is 58.4 Å². The predicted molar refractivity (Wildman–Crippen MR) is 215 cm³/mol. The Balaban J connectivity index is 0.00000397. The third-order valence-electron chi connectivity index (χ3n) is 7.64. The standard InChI is InChI=1S/C36H36N12O8S2.K.Na/c49-19-17-37-31-43-33(39-25-7-3-1-4-8-25)47-35(45-31)41-27-15-13-23(29(21-27)57(51,52)53)11-12-24-14-16-28(22-30(24)58(54,55)56)42-36-46-32(38-18-20-50)44-34(48-36)40-26-9-5-2-6-10-26;;/h1-16,21-22,49-50H,17-20H2,(H,51,52,53)(H,54,55,56)(H3,37,39,41,43,45,47)(H3,38,40,42,44,46,48);;/q;2*+1/p-2/b12-11+;;. The van der Waals surface area contributed by atoms with E-state index in [-0.39, 0.29) is 165 Å². The van der Waals surface area contributed by atoms with Gasteiger partial charge in [-0.3, -0.25) is 0 Å². The zero-order valence-corrected chi connectivity index (χ0v) is 38.8. The van der Waals surface area contributed by atoms with E-state index in [1.54, 1.807) is 48.5 Å². The maximum absolute atomic E-state index is 12.5. The minimum atomic E-state index is -5.11. The summed E-state index contributed by atoms with van der Waals surface area (Å²) in [7, 11) is -10.2. The van der Waals surface area contributed by atoms with Crippen LogP contribution in [0.25, 0.3) is 12.2 Å². The fraction of sp³-hybridized carbons (Fsp3) is 0.111. The van der Waals surface area contributed by atoms with Gasteiger partial charge in [0.25, 0.3) is 0 Å². The van der Waals surface area contributed by atoms with Crippen molar-refractivity contribution in [3.63, 3.8) is 0 Å². The second-order valence-electron chi connectivity index (χ2n) is 11.9. The number of hydrogen-bond donors (Lipinski definition) is 8. The number of para-hydroxylation sites is 2. The predicted octanol–water partition coefficient (Wildman–Crippen LogP) is -2.17. The summed E-state index contributed by atoms with van der Waals surface area (Å²) in [6, 6.07) is 25.5. The molecule has 4 aromatic carbocycles. The van der Waals surface area contributed by atoms with Crippen molar-refractivity contribution in [3.8, 4) is 0 Å². The minimum absolute atomic E-state index is 0. The zero-order chi connectivity index (χ0) is 41.1. The van der Waals surface area contributed by atoms with Crippen molar-refractivity contribution in [2.24, 2.45) is 0 Å². The molecule has 2 heterocycles. The molecule has 0 spiro atoms.